The summed E-state index contributed by atoms with van der Waals surface area (Å²) in [7, 11) is -1.04. The van der Waals surface area contributed by atoms with Crippen LogP contribution in [0.1, 0.15) is 27.7 Å². The van der Waals surface area contributed by atoms with Gasteiger partial charge in [0.25, 0.3) is 0 Å². The molecule has 0 unspecified atom stereocenters. The van der Waals surface area contributed by atoms with Crippen molar-refractivity contribution in [3.63, 3.8) is 0 Å². The van der Waals surface area contributed by atoms with Crippen molar-refractivity contribution in [3.05, 3.63) is 0 Å². The van der Waals surface area contributed by atoms with Crippen molar-refractivity contribution in [2.24, 2.45) is 0 Å². The first-order valence-corrected chi connectivity index (χ1v) is 5.89. The van der Waals surface area contributed by atoms with Crippen molar-refractivity contribution < 1.29 is 4.89 Å². The van der Waals surface area contributed by atoms with Crippen molar-refractivity contribution in [2.45, 2.75) is 27.7 Å². The molecule has 0 radical (unpaired) electrons. The van der Waals surface area contributed by atoms with Crippen LogP contribution in [0.3, 0.4) is 0 Å². The lowest BCUT2D eigenvalue weighted by Gasteiger charge is -2.32. The minimum atomic E-state index is -1.04. The summed E-state index contributed by atoms with van der Waals surface area (Å²) >= 11 is 0. The summed E-state index contributed by atoms with van der Waals surface area (Å²) in [4.78, 5) is 9.89. The van der Waals surface area contributed by atoms with Gasteiger partial charge in [-0.3, -0.25) is 0 Å². The molecule has 0 aliphatic carbocycles. The number of nitrogens with zero attached hydrogens (tertiary/aromatic N) is 2. The van der Waals surface area contributed by atoms with Gasteiger partial charge in [0.05, 0.1) is 0 Å². The Morgan fingerprint density at radius 3 is 1.25 bits per heavy atom. The number of hydrogen-bond donors (Lipinski definition) is 1. The quantitative estimate of drug-likeness (QED) is 0.651. The predicted octanol–water partition coefficient (Wildman–Crippen LogP) is 1.89. The first-order chi connectivity index (χ1) is 5.71. The van der Waals surface area contributed by atoms with Crippen molar-refractivity contribution in [1.82, 2.24) is 9.34 Å². The molecule has 0 bridgehead atoms. The third-order valence-electron chi connectivity index (χ3n) is 1.97. The third-order valence-corrected chi connectivity index (χ3v) is 4.11. The van der Waals surface area contributed by atoms with Crippen LogP contribution in [0.5, 0.6) is 0 Å². The predicted molar refractivity (Wildman–Crippen MR) is 55.0 cm³/mol. The fourth-order valence-electron chi connectivity index (χ4n) is 1.13. The summed E-state index contributed by atoms with van der Waals surface area (Å²) in [5.74, 6) is 0. The van der Waals surface area contributed by atoms with Gasteiger partial charge in [-0.15, -0.1) is 0 Å². The summed E-state index contributed by atoms with van der Waals surface area (Å²) in [6.45, 7) is 12.0. The molecule has 0 aliphatic rings. The Balaban J connectivity index is 4.02. The van der Waals surface area contributed by atoms with Gasteiger partial charge in [0.1, 0.15) is 0 Å². The highest BCUT2D eigenvalue weighted by atomic mass is 31.2. The minimum Gasteiger partial charge on any atom is -0.347 e. The van der Waals surface area contributed by atoms with Crippen LogP contribution in [0.4, 0.5) is 0 Å². The Labute approximate surface area is 77.3 Å². The van der Waals surface area contributed by atoms with E-state index in [1.165, 1.54) is 0 Å². The van der Waals surface area contributed by atoms with Gasteiger partial charge in [0, 0.05) is 26.2 Å². The van der Waals surface area contributed by atoms with Crippen LogP contribution in [-0.4, -0.2) is 40.4 Å². The highest BCUT2D eigenvalue weighted by molar-refractivity contribution is 7.46. The Kier molecular flexibility index (Phi) is 6.96. The van der Waals surface area contributed by atoms with Gasteiger partial charge in [-0.05, 0) is 0 Å². The molecule has 1 N–H and O–H groups in total. The molecule has 0 aromatic heterocycles. The molecule has 0 aromatic rings. The monoisotopic (exact) mass is 192 g/mol. The van der Waals surface area contributed by atoms with Crippen LogP contribution in [0.15, 0.2) is 0 Å². The molecule has 12 heavy (non-hydrogen) atoms. The molecule has 0 spiro atoms. The zero-order valence-electron chi connectivity index (χ0n) is 8.62. The summed E-state index contributed by atoms with van der Waals surface area (Å²) in [5, 5.41) is 0. The first-order valence-electron chi connectivity index (χ1n) is 4.69. The topological polar surface area (TPSA) is 26.7 Å². The molecule has 0 heterocycles. The second-order valence-corrected chi connectivity index (χ2v) is 4.21. The third kappa shape index (κ3) is 3.36. The van der Waals surface area contributed by atoms with E-state index in [1.807, 2.05) is 0 Å². The lowest BCUT2D eigenvalue weighted by molar-refractivity contribution is 0.355. The summed E-state index contributed by atoms with van der Waals surface area (Å²) in [6.07, 6.45) is 0. The second kappa shape index (κ2) is 6.79. The number of rotatable bonds is 6. The lowest BCUT2D eigenvalue weighted by atomic mass is 10.7. The minimum absolute atomic E-state index is 0.926. The maximum atomic E-state index is 9.89. The van der Waals surface area contributed by atoms with E-state index in [1.54, 1.807) is 0 Å². The second-order valence-electron chi connectivity index (χ2n) is 2.55. The van der Waals surface area contributed by atoms with Gasteiger partial charge >= 0.3 is 0 Å². The van der Waals surface area contributed by atoms with Gasteiger partial charge in [-0.2, -0.15) is 0 Å². The average Bonchev–Trinajstić information content (AvgIpc) is 2.09. The van der Waals surface area contributed by atoms with Crippen LogP contribution in [-0.2, 0) is 0 Å². The van der Waals surface area contributed by atoms with E-state index in [4.69, 9.17) is 0 Å². The highest BCUT2D eigenvalue weighted by Crippen LogP contribution is 2.38. The Morgan fingerprint density at radius 2 is 1.08 bits per heavy atom. The molecule has 0 aliphatic heterocycles. The highest BCUT2D eigenvalue weighted by Gasteiger charge is 2.18. The van der Waals surface area contributed by atoms with E-state index in [0.717, 1.165) is 26.2 Å². The zero-order valence-corrected chi connectivity index (χ0v) is 9.51. The van der Waals surface area contributed by atoms with E-state index in [9.17, 15) is 4.89 Å². The van der Waals surface area contributed by atoms with E-state index in [-0.39, 0.29) is 0 Å². The zero-order chi connectivity index (χ0) is 9.56. The maximum Gasteiger partial charge on any atom is 0.185 e. The summed E-state index contributed by atoms with van der Waals surface area (Å²) in [5.41, 5.74) is 0. The molecule has 0 atom stereocenters. The van der Waals surface area contributed by atoms with Gasteiger partial charge in [0.2, 0.25) is 0 Å². The number of hydrogen-bond acceptors (Lipinski definition) is 3. The summed E-state index contributed by atoms with van der Waals surface area (Å²) in [6, 6.07) is 0. The van der Waals surface area contributed by atoms with Crippen LogP contribution < -0.4 is 0 Å². The largest absolute Gasteiger partial charge is 0.347 e. The molecule has 0 aromatic carbocycles. The SMILES string of the molecule is CCN(CC)P(O)N(CC)CC. The Hall–Kier alpha value is 0.310. The van der Waals surface area contributed by atoms with Crippen LogP contribution in [0, 0.1) is 0 Å². The smallest absolute Gasteiger partial charge is 0.185 e. The molecule has 0 saturated carbocycles. The molecule has 0 rings (SSSR count). The molecule has 74 valence electrons. The summed E-state index contributed by atoms with van der Waals surface area (Å²) < 4.78 is 4.20. The van der Waals surface area contributed by atoms with Gasteiger partial charge in [-0.1, -0.05) is 27.7 Å². The van der Waals surface area contributed by atoms with E-state index >= 15 is 0 Å². The molecular weight excluding hydrogens is 171 g/mol. The molecule has 0 amide bonds. The fraction of sp³-hybridized carbons (Fsp3) is 1.00. The fourth-order valence-corrected chi connectivity index (χ4v) is 2.50. The normalized spacial score (nSPS) is 12.0. The van der Waals surface area contributed by atoms with Gasteiger partial charge in [0.15, 0.2) is 8.45 Å². The van der Waals surface area contributed by atoms with Crippen LogP contribution in [0.25, 0.3) is 0 Å². The molecule has 0 saturated heterocycles. The van der Waals surface area contributed by atoms with Crippen LogP contribution in [0.2, 0.25) is 0 Å². The van der Waals surface area contributed by atoms with E-state index in [2.05, 4.69) is 37.0 Å². The molecule has 0 fully saturated rings. The Morgan fingerprint density at radius 1 is 0.833 bits per heavy atom. The Bertz CT molecular complexity index is 93.2. The molecule has 4 heteroatoms. The van der Waals surface area contributed by atoms with E-state index in [0.29, 0.717) is 0 Å². The molecule has 3 nitrogen and oxygen atoms in total. The van der Waals surface area contributed by atoms with Crippen molar-refractivity contribution in [2.75, 3.05) is 26.2 Å². The van der Waals surface area contributed by atoms with Gasteiger partial charge < -0.3 is 4.89 Å². The average molecular weight is 192 g/mol. The van der Waals surface area contributed by atoms with Crippen molar-refractivity contribution in [1.29, 1.82) is 0 Å². The lowest BCUT2D eigenvalue weighted by Crippen LogP contribution is -2.28. The van der Waals surface area contributed by atoms with Crippen molar-refractivity contribution in [3.8, 4) is 0 Å². The van der Waals surface area contributed by atoms with E-state index < -0.39 is 8.45 Å². The maximum absolute atomic E-state index is 9.89. The van der Waals surface area contributed by atoms with Gasteiger partial charge in [-0.25, -0.2) is 9.34 Å². The first kappa shape index (κ1) is 12.3. The molecular formula is C8H21N2OP. The van der Waals surface area contributed by atoms with Crippen LogP contribution >= 0.6 is 8.45 Å². The van der Waals surface area contributed by atoms with Crippen molar-refractivity contribution >= 4 is 8.45 Å². The standard InChI is InChI=1S/C8H21N2OP/c1-5-9(6-2)12(11)10(7-3)8-4/h11H,5-8H2,1-4H3.